The van der Waals surface area contributed by atoms with Gasteiger partial charge in [0.2, 0.25) is 0 Å². The first kappa shape index (κ1) is 11.3. The molecular formula is C10H12ClN3O2. The van der Waals surface area contributed by atoms with Crippen molar-refractivity contribution >= 4 is 17.5 Å². The average Bonchev–Trinajstić information content (AvgIpc) is 3.07. The number of halogens is 1. The van der Waals surface area contributed by atoms with E-state index < -0.39 is 0 Å². The van der Waals surface area contributed by atoms with Crippen molar-refractivity contribution in [1.29, 1.82) is 0 Å². The van der Waals surface area contributed by atoms with E-state index in [2.05, 4.69) is 15.3 Å². The Hall–Kier alpha value is -1.20. The molecule has 0 atom stereocenters. The van der Waals surface area contributed by atoms with Crippen molar-refractivity contribution in [3.05, 3.63) is 23.2 Å². The molecule has 0 spiro atoms. The quantitative estimate of drug-likeness (QED) is 0.811. The molecule has 0 radical (unpaired) electrons. The second kappa shape index (κ2) is 4.35. The van der Waals surface area contributed by atoms with Crippen LogP contribution >= 0.6 is 11.6 Å². The minimum Gasteiger partial charge on any atom is -0.396 e. The average molecular weight is 242 g/mol. The van der Waals surface area contributed by atoms with E-state index >= 15 is 0 Å². The van der Waals surface area contributed by atoms with E-state index in [9.17, 15) is 4.79 Å². The van der Waals surface area contributed by atoms with Gasteiger partial charge in [-0.2, -0.15) is 0 Å². The maximum Gasteiger partial charge on any atom is 0.271 e. The molecule has 5 nitrogen and oxygen atoms in total. The summed E-state index contributed by atoms with van der Waals surface area (Å²) < 4.78 is 0. The van der Waals surface area contributed by atoms with Gasteiger partial charge in [-0.3, -0.25) is 9.78 Å². The molecule has 1 saturated carbocycles. The van der Waals surface area contributed by atoms with E-state index in [4.69, 9.17) is 16.7 Å². The van der Waals surface area contributed by atoms with Gasteiger partial charge < -0.3 is 10.4 Å². The number of nitrogens with one attached hydrogen (secondary N) is 1. The number of hydrogen-bond acceptors (Lipinski definition) is 4. The van der Waals surface area contributed by atoms with Gasteiger partial charge in [0.1, 0.15) is 10.8 Å². The van der Waals surface area contributed by atoms with Gasteiger partial charge in [0.05, 0.1) is 19.0 Å². The fourth-order valence-corrected chi connectivity index (χ4v) is 1.52. The summed E-state index contributed by atoms with van der Waals surface area (Å²) in [4.78, 5) is 19.3. The van der Waals surface area contributed by atoms with E-state index in [-0.39, 0.29) is 28.8 Å². The summed E-state index contributed by atoms with van der Waals surface area (Å²) in [6.07, 6.45) is 4.63. The van der Waals surface area contributed by atoms with Crippen molar-refractivity contribution in [2.45, 2.75) is 12.8 Å². The Kier molecular flexibility index (Phi) is 3.07. The Balaban J connectivity index is 1.93. The molecule has 1 aromatic rings. The molecule has 1 amide bonds. The largest absolute Gasteiger partial charge is 0.396 e. The summed E-state index contributed by atoms with van der Waals surface area (Å²) in [7, 11) is 0. The first-order valence-electron chi connectivity index (χ1n) is 5.02. The molecule has 0 bridgehead atoms. The normalized spacial score (nSPS) is 16.9. The van der Waals surface area contributed by atoms with Crippen LogP contribution in [0.3, 0.4) is 0 Å². The molecule has 2 N–H and O–H groups in total. The third-order valence-corrected chi connectivity index (χ3v) is 2.94. The van der Waals surface area contributed by atoms with Crippen LogP contribution in [-0.2, 0) is 0 Å². The molecule has 86 valence electrons. The molecule has 6 heteroatoms. The van der Waals surface area contributed by atoms with Crippen molar-refractivity contribution in [3.63, 3.8) is 0 Å². The Morgan fingerprint density at radius 3 is 2.88 bits per heavy atom. The van der Waals surface area contributed by atoms with Crippen LogP contribution in [0, 0.1) is 5.41 Å². The zero-order valence-electron chi connectivity index (χ0n) is 8.61. The summed E-state index contributed by atoms with van der Waals surface area (Å²) in [6.45, 7) is 0.574. The zero-order chi connectivity index (χ0) is 11.6. The number of carbonyl (C=O) groups excluding carboxylic acids is 1. The van der Waals surface area contributed by atoms with E-state index in [1.54, 1.807) is 0 Å². The summed E-state index contributed by atoms with van der Waals surface area (Å²) in [5, 5.41) is 12.0. The number of hydrogen-bond donors (Lipinski definition) is 2. The van der Waals surface area contributed by atoms with Gasteiger partial charge >= 0.3 is 0 Å². The maximum absolute atomic E-state index is 11.6. The van der Waals surface area contributed by atoms with Crippen LogP contribution < -0.4 is 5.32 Å². The van der Waals surface area contributed by atoms with Crippen molar-refractivity contribution < 1.29 is 9.90 Å². The number of aliphatic hydroxyl groups is 1. The molecule has 0 aromatic carbocycles. The fourth-order valence-electron chi connectivity index (χ4n) is 1.38. The van der Waals surface area contributed by atoms with E-state index in [0.717, 1.165) is 12.8 Å². The molecule has 0 aliphatic heterocycles. The topological polar surface area (TPSA) is 75.1 Å². The highest BCUT2D eigenvalue weighted by molar-refractivity contribution is 6.29. The third kappa shape index (κ3) is 2.48. The van der Waals surface area contributed by atoms with Gasteiger partial charge in [-0.15, -0.1) is 0 Å². The van der Waals surface area contributed by atoms with Crippen molar-refractivity contribution in [2.75, 3.05) is 13.2 Å². The van der Waals surface area contributed by atoms with Gasteiger partial charge in [-0.1, -0.05) is 11.6 Å². The van der Waals surface area contributed by atoms with Crippen LogP contribution in [0.1, 0.15) is 23.3 Å². The highest BCUT2D eigenvalue weighted by atomic mass is 35.5. The van der Waals surface area contributed by atoms with Gasteiger partial charge in [-0.25, -0.2) is 4.98 Å². The number of nitrogens with zero attached hydrogens (tertiary/aromatic N) is 2. The Morgan fingerprint density at radius 1 is 1.56 bits per heavy atom. The second-order valence-electron chi connectivity index (χ2n) is 4.07. The van der Waals surface area contributed by atoms with E-state index in [1.165, 1.54) is 12.4 Å². The third-order valence-electron chi connectivity index (χ3n) is 2.75. The Bertz CT molecular complexity index is 407. The number of aliphatic hydroxyl groups excluding tert-OH is 1. The van der Waals surface area contributed by atoms with Gasteiger partial charge in [0, 0.05) is 12.0 Å². The predicted octanol–water partition coefficient (Wildman–Crippen LogP) is 0.632. The van der Waals surface area contributed by atoms with Crippen molar-refractivity contribution in [3.8, 4) is 0 Å². The van der Waals surface area contributed by atoms with Crippen LogP contribution in [0.15, 0.2) is 12.4 Å². The standard InChI is InChI=1S/C10H12ClN3O2/c11-8-4-12-3-7(14-8)9(16)13-5-10(6-15)1-2-10/h3-4,15H,1-2,5-6H2,(H,13,16). The monoisotopic (exact) mass is 241 g/mol. The lowest BCUT2D eigenvalue weighted by atomic mass is 10.1. The van der Waals surface area contributed by atoms with Crippen molar-refractivity contribution in [2.24, 2.45) is 5.41 Å². The van der Waals surface area contributed by atoms with E-state index in [0.29, 0.717) is 6.54 Å². The number of carbonyl (C=O) groups is 1. The van der Waals surface area contributed by atoms with Gasteiger partial charge in [0.15, 0.2) is 0 Å². The first-order valence-corrected chi connectivity index (χ1v) is 5.40. The lowest BCUT2D eigenvalue weighted by Crippen LogP contribution is -2.32. The number of rotatable bonds is 4. The molecule has 0 saturated heterocycles. The van der Waals surface area contributed by atoms with Crippen molar-refractivity contribution in [1.82, 2.24) is 15.3 Å². The van der Waals surface area contributed by atoms with Crippen LogP contribution in [0.4, 0.5) is 0 Å². The minimum atomic E-state index is -0.310. The SMILES string of the molecule is O=C(NCC1(CO)CC1)c1cncc(Cl)n1. The Labute approximate surface area is 97.9 Å². The number of amides is 1. The molecule has 0 unspecified atom stereocenters. The molecule has 1 aliphatic carbocycles. The summed E-state index contributed by atoms with van der Waals surface area (Å²) in [5.41, 5.74) is 0.0861. The van der Waals surface area contributed by atoms with Crippen LogP contribution in [0.25, 0.3) is 0 Å². The summed E-state index contributed by atoms with van der Waals surface area (Å²) in [6, 6.07) is 0. The molecule has 1 fully saturated rings. The minimum absolute atomic E-state index is 0.106. The smallest absolute Gasteiger partial charge is 0.271 e. The molecule has 1 heterocycles. The van der Waals surface area contributed by atoms with Gasteiger partial charge in [0.25, 0.3) is 5.91 Å². The van der Waals surface area contributed by atoms with Gasteiger partial charge in [-0.05, 0) is 12.8 Å². The highest BCUT2D eigenvalue weighted by Crippen LogP contribution is 2.44. The summed E-state index contributed by atoms with van der Waals surface area (Å²) in [5.74, 6) is -0.310. The summed E-state index contributed by atoms with van der Waals surface area (Å²) >= 11 is 5.63. The molecule has 2 rings (SSSR count). The molecule has 16 heavy (non-hydrogen) atoms. The molecule has 1 aliphatic rings. The lowest BCUT2D eigenvalue weighted by molar-refractivity contribution is 0.0930. The predicted molar refractivity (Wildman–Crippen MR) is 58.1 cm³/mol. The van der Waals surface area contributed by atoms with Crippen LogP contribution in [0.5, 0.6) is 0 Å². The fraction of sp³-hybridized carbons (Fsp3) is 0.500. The zero-order valence-corrected chi connectivity index (χ0v) is 9.37. The lowest BCUT2D eigenvalue weighted by Gasteiger charge is -2.12. The van der Waals surface area contributed by atoms with Crippen LogP contribution in [-0.4, -0.2) is 34.1 Å². The molecule has 1 aromatic heterocycles. The molecular weight excluding hydrogens is 230 g/mol. The second-order valence-corrected chi connectivity index (χ2v) is 4.46. The Morgan fingerprint density at radius 2 is 2.31 bits per heavy atom. The van der Waals surface area contributed by atoms with E-state index in [1.807, 2.05) is 0 Å². The van der Waals surface area contributed by atoms with Crippen LogP contribution in [0.2, 0.25) is 5.15 Å². The highest BCUT2D eigenvalue weighted by Gasteiger charge is 2.42. The maximum atomic E-state index is 11.6. The first-order chi connectivity index (χ1) is 7.65. The number of aromatic nitrogens is 2.